The van der Waals surface area contributed by atoms with Crippen molar-refractivity contribution in [2.24, 2.45) is 11.1 Å². The second kappa shape index (κ2) is 8.64. The third-order valence-electron chi connectivity index (χ3n) is 2.67. The summed E-state index contributed by atoms with van der Waals surface area (Å²) in [5, 5.41) is 8.31. The molecule has 0 radical (unpaired) electrons. The minimum Gasteiger partial charge on any atom is -0.481 e. The van der Waals surface area contributed by atoms with E-state index in [1.165, 1.54) is 11.1 Å². The maximum absolute atomic E-state index is 10.1. The molecule has 0 spiro atoms. The van der Waals surface area contributed by atoms with Gasteiger partial charge in [0.05, 0.1) is 0 Å². The lowest BCUT2D eigenvalue weighted by atomic mass is 9.90. The van der Waals surface area contributed by atoms with Crippen LogP contribution in [0.1, 0.15) is 51.2 Å². The van der Waals surface area contributed by atoms with Crippen molar-refractivity contribution in [2.45, 2.75) is 53.5 Å². The number of carboxylic acids is 1. The number of hydrogen-bond acceptors (Lipinski definition) is 3. The van der Waals surface area contributed by atoms with Gasteiger partial charge in [-0.15, -0.1) is 0 Å². The highest BCUT2D eigenvalue weighted by atomic mass is 16.4. The van der Waals surface area contributed by atoms with Crippen LogP contribution in [0.15, 0.2) is 18.5 Å². The molecular formula is C15H26N2O2. The quantitative estimate of drug-likeness (QED) is 0.877. The third-order valence-corrected chi connectivity index (χ3v) is 2.67. The Hall–Kier alpha value is -1.42. The summed E-state index contributed by atoms with van der Waals surface area (Å²) >= 11 is 0. The summed E-state index contributed by atoms with van der Waals surface area (Å²) in [4.78, 5) is 14.0. The van der Waals surface area contributed by atoms with Crippen LogP contribution in [0.2, 0.25) is 0 Å². The van der Waals surface area contributed by atoms with E-state index >= 15 is 0 Å². The summed E-state index contributed by atoms with van der Waals surface area (Å²) in [7, 11) is 0. The standard InChI is InChI=1S/C8H16O2.C7H10N2/c1-8(2,3)6-4-5-7(9)10;1-6-5-9-3-2-7(6)4-8/h4-6H2,1-3H3,(H,9,10);2-3,5H,4,8H2,1H3. The van der Waals surface area contributed by atoms with Crippen LogP contribution in [0.5, 0.6) is 0 Å². The molecule has 3 N–H and O–H groups in total. The molecule has 0 atom stereocenters. The van der Waals surface area contributed by atoms with Gasteiger partial charge in [-0.3, -0.25) is 9.78 Å². The van der Waals surface area contributed by atoms with Gasteiger partial charge >= 0.3 is 5.97 Å². The van der Waals surface area contributed by atoms with Gasteiger partial charge in [-0.05, 0) is 42.4 Å². The number of carboxylic acid groups (broad SMARTS) is 1. The van der Waals surface area contributed by atoms with E-state index < -0.39 is 5.97 Å². The highest BCUT2D eigenvalue weighted by Crippen LogP contribution is 2.21. The first-order valence-electron chi connectivity index (χ1n) is 6.57. The van der Waals surface area contributed by atoms with Gasteiger partial charge in [0.25, 0.3) is 0 Å². The van der Waals surface area contributed by atoms with E-state index in [1.807, 2.05) is 19.2 Å². The van der Waals surface area contributed by atoms with Gasteiger partial charge in [-0.1, -0.05) is 20.8 Å². The monoisotopic (exact) mass is 266 g/mol. The minimum atomic E-state index is -0.691. The number of aryl methyl sites for hydroxylation is 1. The molecule has 0 aliphatic heterocycles. The number of hydrogen-bond donors (Lipinski definition) is 2. The largest absolute Gasteiger partial charge is 0.481 e. The third kappa shape index (κ3) is 10.2. The Morgan fingerprint density at radius 3 is 2.42 bits per heavy atom. The molecule has 0 amide bonds. The van der Waals surface area contributed by atoms with E-state index in [1.54, 1.807) is 6.20 Å². The Balaban J connectivity index is 0.000000342. The number of carbonyl (C=O) groups is 1. The molecule has 0 bridgehead atoms. The van der Waals surface area contributed by atoms with Crippen LogP contribution in [-0.4, -0.2) is 16.1 Å². The average molecular weight is 266 g/mol. The Morgan fingerprint density at radius 1 is 1.42 bits per heavy atom. The molecule has 0 fully saturated rings. The van der Waals surface area contributed by atoms with Crippen molar-refractivity contribution in [1.29, 1.82) is 0 Å². The highest BCUT2D eigenvalue weighted by molar-refractivity contribution is 5.66. The normalized spacial score (nSPS) is 10.6. The van der Waals surface area contributed by atoms with E-state index in [0.717, 1.165) is 12.8 Å². The lowest BCUT2D eigenvalue weighted by Gasteiger charge is -2.16. The number of pyridine rings is 1. The smallest absolute Gasteiger partial charge is 0.303 e. The van der Waals surface area contributed by atoms with Crippen LogP contribution in [0, 0.1) is 12.3 Å². The Kier molecular flexibility index (Phi) is 8.00. The second-order valence-corrected chi connectivity index (χ2v) is 5.81. The fourth-order valence-electron chi connectivity index (χ4n) is 1.50. The predicted octanol–water partition coefficient (Wildman–Crippen LogP) is 3.14. The molecule has 1 aromatic rings. The van der Waals surface area contributed by atoms with Crippen molar-refractivity contribution in [1.82, 2.24) is 4.98 Å². The predicted molar refractivity (Wildman–Crippen MR) is 77.8 cm³/mol. The first kappa shape index (κ1) is 17.6. The Labute approximate surface area is 116 Å². The van der Waals surface area contributed by atoms with Crippen molar-refractivity contribution in [3.63, 3.8) is 0 Å². The lowest BCUT2D eigenvalue weighted by molar-refractivity contribution is -0.137. The van der Waals surface area contributed by atoms with Gasteiger partial charge in [0.15, 0.2) is 0 Å². The van der Waals surface area contributed by atoms with Crippen LogP contribution in [0.3, 0.4) is 0 Å². The fraction of sp³-hybridized carbons (Fsp3) is 0.600. The number of aromatic nitrogens is 1. The van der Waals surface area contributed by atoms with Crippen molar-refractivity contribution < 1.29 is 9.90 Å². The SMILES string of the molecule is CC(C)(C)CCCC(=O)O.Cc1cnccc1CN. The van der Waals surface area contributed by atoms with Gasteiger partial charge in [0.1, 0.15) is 0 Å². The highest BCUT2D eigenvalue weighted by Gasteiger charge is 2.09. The van der Waals surface area contributed by atoms with Crippen LogP contribution >= 0.6 is 0 Å². The zero-order valence-electron chi connectivity index (χ0n) is 12.4. The molecular weight excluding hydrogens is 240 g/mol. The molecule has 0 aromatic carbocycles. The van der Waals surface area contributed by atoms with E-state index in [4.69, 9.17) is 10.8 Å². The summed E-state index contributed by atoms with van der Waals surface area (Å²) < 4.78 is 0. The molecule has 108 valence electrons. The van der Waals surface area contributed by atoms with Crippen LogP contribution in [0.4, 0.5) is 0 Å². The molecule has 0 aliphatic rings. The Bertz CT molecular complexity index is 384. The topological polar surface area (TPSA) is 76.2 Å². The molecule has 1 rings (SSSR count). The minimum absolute atomic E-state index is 0.273. The molecule has 4 heteroatoms. The molecule has 0 unspecified atom stereocenters. The second-order valence-electron chi connectivity index (χ2n) is 5.81. The maximum atomic E-state index is 10.1. The summed E-state index contributed by atoms with van der Waals surface area (Å²) in [5.74, 6) is -0.691. The van der Waals surface area contributed by atoms with Crippen molar-refractivity contribution in [3.05, 3.63) is 29.6 Å². The van der Waals surface area contributed by atoms with Crippen LogP contribution < -0.4 is 5.73 Å². The van der Waals surface area contributed by atoms with Gasteiger partial charge in [0, 0.05) is 25.4 Å². The van der Waals surface area contributed by atoms with Gasteiger partial charge < -0.3 is 10.8 Å². The maximum Gasteiger partial charge on any atom is 0.303 e. The fourth-order valence-corrected chi connectivity index (χ4v) is 1.50. The molecule has 19 heavy (non-hydrogen) atoms. The average Bonchev–Trinajstić information content (AvgIpc) is 2.28. The molecule has 0 saturated carbocycles. The van der Waals surface area contributed by atoms with E-state index in [9.17, 15) is 4.79 Å². The zero-order chi connectivity index (χ0) is 14.9. The molecule has 1 heterocycles. The summed E-state index contributed by atoms with van der Waals surface area (Å²) in [6.07, 6.45) is 5.66. The van der Waals surface area contributed by atoms with Crippen molar-refractivity contribution in [3.8, 4) is 0 Å². The van der Waals surface area contributed by atoms with Crippen LogP contribution in [0.25, 0.3) is 0 Å². The number of rotatable bonds is 4. The Morgan fingerprint density at radius 2 is 2.05 bits per heavy atom. The number of nitrogens with zero attached hydrogens (tertiary/aromatic N) is 1. The van der Waals surface area contributed by atoms with Gasteiger partial charge in [-0.25, -0.2) is 0 Å². The van der Waals surface area contributed by atoms with E-state index in [-0.39, 0.29) is 5.41 Å². The number of nitrogens with two attached hydrogens (primary N) is 1. The molecule has 1 aromatic heterocycles. The number of aliphatic carboxylic acids is 1. The first-order chi connectivity index (χ1) is 8.76. The van der Waals surface area contributed by atoms with E-state index in [0.29, 0.717) is 13.0 Å². The summed E-state index contributed by atoms with van der Waals surface area (Å²) in [5.41, 5.74) is 8.03. The van der Waals surface area contributed by atoms with Gasteiger partial charge in [0.2, 0.25) is 0 Å². The molecule has 0 aliphatic carbocycles. The summed E-state index contributed by atoms with van der Waals surface area (Å²) in [6, 6.07) is 1.94. The van der Waals surface area contributed by atoms with Crippen molar-refractivity contribution in [2.75, 3.05) is 0 Å². The van der Waals surface area contributed by atoms with Crippen LogP contribution in [-0.2, 0) is 11.3 Å². The molecule has 0 saturated heterocycles. The lowest BCUT2D eigenvalue weighted by Crippen LogP contribution is -2.05. The summed E-state index contributed by atoms with van der Waals surface area (Å²) in [6.45, 7) is 8.97. The first-order valence-corrected chi connectivity index (χ1v) is 6.57. The zero-order valence-corrected chi connectivity index (χ0v) is 12.4. The van der Waals surface area contributed by atoms with E-state index in [2.05, 4.69) is 25.8 Å². The van der Waals surface area contributed by atoms with Gasteiger partial charge in [-0.2, -0.15) is 0 Å². The molecule has 4 nitrogen and oxygen atoms in total. The van der Waals surface area contributed by atoms with Crippen molar-refractivity contribution >= 4 is 5.97 Å².